The lowest BCUT2D eigenvalue weighted by Crippen LogP contribution is -2.52. The van der Waals surface area contributed by atoms with Crippen LogP contribution in [0.25, 0.3) is 10.9 Å². The summed E-state index contributed by atoms with van der Waals surface area (Å²) in [6.07, 6.45) is -2.68. The molecule has 0 saturated heterocycles. The predicted molar refractivity (Wildman–Crippen MR) is 189 cm³/mol. The van der Waals surface area contributed by atoms with E-state index in [1.54, 1.807) is 46.0 Å². The molecular formula is C30H33B5ClF3N2O4S. The van der Waals surface area contributed by atoms with Crippen LogP contribution in [-0.4, -0.2) is 74.4 Å². The number of hydrogen-bond acceptors (Lipinski definition) is 4. The van der Waals surface area contributed by atoms with E-state index in [2.05, 4.69) is 9.88 Å². The maximum Gasteiger partial charge on any atom is 0.416 e. The van der Waals surface area contributed by atoms with Gasteiger partial charge in [0, 0.05) is 44.2 Å². The number of aliphatic hydroxyl groups excluding tert-OH is 1. The van der Waals surface area contributed by atoms with Crippen LogP contribution < -0.4 is 5.32 Å². The minimum atomic E-state index is -4.55. The number of nitrogens with one attached hydrogen (secondary N) is 1. The summed E-state index contributed by atoms with van der Waals surface area (Å²) >= 11 is 5.89. The van der Waals surface area contributed by atoms with Crippen LogP contribution >= 0.6 is 11.6 Å². The predicted octanol–water partition coefficient (Wildman–Crippen LogP) is 1.37. The molecule has 0 bridgehead atoms. The Balaban J connectivity index is 1.40. The summed E-state index contributed by atoms with van der Waals surface area (Å²) < 4.78 is 69.2. The van der Waals surface area contributed by atoms with E-state index < -0.39 is 49.8 Å². The van der Waals surface area contributed by atoms with Gasteiger partial charge in [-0.25, -0.2) is 8.42 Å². The molecule has 1 atom stereocenters. The van der Waals surface area contributed by atoms with Gasteiger partial charge in [-0.05, 0) is 72.5 Å². The molecule has 46 heavy (non-hydrogen) atoms. The number of carbonyl (C=O) groups excluding carboxylic acids is 1. The van der Waals surface area contributed by atoms with E-state index in [-0.39, 0.29) is 27.9 Å². The highest BCUT2D eigenvalue weighted by Crippen LogP contribution is 2.42. The number of nitrogens with zero attached hydrogens (tertiary/aromatic N) is 1. The summed E-state index contributed by atoms with van der Waals surface area (Å²) in [6.45, 7) is -0.418. The number of carbonyl (C=O) groups is 1. The lowest BCUT2D eigenvalue weighted by Gasteiger charge is -2.39. The van der Waals surface area contributed by atoms with Crippen LogP contribution in [0, 0.1) is 0 Å². The van der Waals surface area contributed by atoms with Gasteiger partial charge in [0.05, 0.1) is 46.6 Å². The van der Waals surface area contributed by atoms with Crippen LogP contribution in [0.2, 0.25) is 10.1 Å². The van der Waals surface area contributed by atoms with Gasteiger partial charge in [0.25, 0.3) is 5.91 Å². The number of benzene rings is 3. The smallest absolute Gasteiger partial charge is 0.394 e. The number of amides is 1. The molecule has 4 aromatic rings. The number of fused-ring (bicyclic) bond motifs is 1. The Morgan fingerprint density at radius 1 is 0.978 bits per heavy atom. The molecule has 3 aromatic carbocycles. The third-order valence-corrected chi connectivity index (χ3v) is 12.5. The van der Waals surface area contributed by atoms with Gasteiger partial charge < -0.3 is 15.0 Å². The molecule has 1 aliphatic carbocycles. The second kappa shape index (κ2) is 12.2. The molecule has 236 valence electrons. The summed E-state index contributed by atoms with van der Waals surface area (Å²) in [5, 5.41) is 13.2. The third kappa shape index (κ3) is 6.55. The first kappa shape index (κ1) is 34.3. The highest BCUT2D eigenvalue weighted by Gasteiger charge is 2.44. The first-order valence-corrected chi connectivity index (χ1v) is 17.0. The fraction of sp³-hybridized carbons (Fsp3) is 0.300. The largest absolute Gasteiger partial charge is 0.416 e. The van der Waals surface area contributed by atoms with Gasteiger partial charge in [-0.1, -0.05) is 29.8 Å². The molecule has 0 unspecified atom stereocenters. The van der Waals surface area contributed by atoms with Crippen molar-refractivity contribution in [1.82, 2.24) is 9.88 Å². The van der Waals surface area contributed by atoms with Crippen molar-refractivity contribution in [3.8, 4) is 0 Å². The topological polar surface area (TPSA) is 88.4 Å². The molecule has 1 aliphatic rings. The number of alkyl halides is 3. The Hall–Kier alpha value is -3.02. The minimum Gasteiger partial charge on any atom is -0.394 e. The highest BCUT2D eigenvalue weighted by atomic mass is 35.5. The Morgan fingerprint density at radius 2 is 1.63 bits per heavy atom. The van der Waals surface area contributed by atoms with Crippen LogP contribution in [0.15, 0.2) is 71.6 Å². The van der Waals surface area contributed by atoms with E-state index in [0.717, 1.165) is 24.4 Å². The molecule has 6 nitrogen and oxygen atoms in total. The Bertz CT molecular complexity index is 1910. The Labute approximate surface area is 276 Å². The average molecular weight is 664 g/mol. The van der Waals surface area contributed by atoms with E-state index >= 15 is 0 Å². The summed E-state index contributed by atoms with van der Waals surface area (Å²) in [7, 11) is 5.34. The first-order chi connectivity index (χ1) is 21.3. The minimum absolute atomic E-state index is 0.0149. The Kier molecular flexibility index (Phi) is 9.11. The zero-order valence-corrected chi connectivity index (χ0v) is 27.9. The van der Waals surface area contributed by atoms with Crippen LogP contribution in [0.1, 0.15) is 57.7 Å². The van der Waals surface area contributed by atoms with Crippen molar-refractivity contribution in [3.05, 3.63) is 99.7 Å². The molecule has 0 aliphatic heterocycles. The van der Waals surface area contributed by atoms with E-state index in [1.165, 1.54) is 24.3 Å². The molecule has 2 N–H and O–H groups in total. The van der Waals surface area contributed by atoms with E-state index in [1.807, 2.05) is 29.6 Å². The van der Waals surface area contributed by atoms with E-state index in [0.29, 0.717) is 22.2 Å². The quantitative estimate of drug-likeness (QED) is 0.251. The zero-order valence-electron chi connectivity index (χ0n) is 26.4. The van der Waals surface area contributed by atoms with Crippen molar-refractivity contribution < 1.29 is 31.5 Å². The summed E-state index contributed by atoms with van der Waals surface area (Å²) in [5.74, 6) is -0.454. The monoisotopic (exact) mass is 664 g/mol. The van der Waals surface area contributed by atoms with Crippen molar-refractivity contribution in [2.24, 2.45) is 0 Å². The molecule has 1 aromatic heterocycles. The van der Waals surface area contributed by atoms with Gasteiger partial charge in [0.1, 0.15) is 15.7 Å². The summed E-state index contributed by atoms with van der Waals surface area (Å²) in [5.41, 5.74) is 1.73. The zero-order chi connectivity index (χ0) is 33.8. The summed E-state index contributed by atoms with van der Waals surface area (Å²) in [4.78, 5) is 13.5. The first-order valence-electron chi connectivity index (χ1n) is 15.1. The standard InChI is InChI=1S/C30H33B5ClF3N2O4S/c31-29(32,33)30(34,35)46(44,45)23-8-2-16(3-9-23)25(15-42)40-27(43)18-4-10-26-19(11-18)13-22(41(26)21-6-7-21)12-17-1-5-20(36)14-24(17)28(37,38)39/h1-5,8-11,13-14,21,25,42H,6-7,12,15,31-35H2,(H,40,43)/t25-/m0/s1. The van der Waals surface area contributed by atoms with Gasteiger partial charge in [-0.3, -0.25) is 4.79 Å². The lowest BCUT2D eigenvalue weighted by atomic mass is 9.30. The molecule has 1 fully saturated rings. The van der Waals surface area contributed by atoms with Crippen LogP contribution in [0.5, 0.6) is 0 Å². The number of aliphatic hydroxyl groups is 1. The number of rotatable bonds is 10. The van der Waals surface area contributed by atoms with Gasteiger partial charge >= 0.3 is 6.18 Å². The summed E-state index contributed by atoms with van der Waals surface area (Å²) in [6, 6.07) is 16.3. The number of aromatic nitrogens is 1. The second-order valence-corrected chi connectivity index (χ2v) is 16.5. The van der Waals surface area contributed by atoms with Crippen molar-refractivity contribution in [3.63, 3.8) is 0 Å². The molecule has 16 heteroatoms. The maximum absolute atomic E-state index is 13.8. The number of sulfone groups is 1. The molecular weight excluding hydrogens is 631 g/mol. The van der Waals surface area contributed by atoms with Crippen molar-refractivity contribution in [2.45, 2.75) is 52.1 Å². The average Bonchev–Trinajstić information content (AvgIpc) is 3.75. The number of halogens is 4. The second-order valence-electron chi connectivity index (χ2n) is 13.5. The maximum atomic E-state index is 13.8. The third-order valence-electron chi connectivity index (χ3n) is 9.40. The van der Waals surface area contributed by atoms with Gasteiger partial charge in [-0.15, -0.1) is 5.11 Å². The van der Waals surface area contributed by atoms with Crippen LogP contribution in [-0.2, 0) is 22.4 Å². The van der Waals surface area contributed by atoms with Gasteiger partial charge in [0.15, 0.2) is 9.84 Å². The van der Waals surface area contributed by atoms with E-state index in [9.17, 15) is 31.5 Å². The molecule has 5 rings (SSSR count). The highest BCUT2D eigenvalue weighted by molar-refractivity contribution is 7.95. The fourth-order valence-electron chi connectivity index (χ4n) is 5.55. The molecule has 0 spiro atoms. The van der Waals surface area contributed by atoms with Crippen LogP contribution in [0.4, 0.5) is 13.2 Å². The molecule has 0 radical (unpaired) electrons. The number of hydrogen-bond donors (Lipinski definition) is 2. The molecule has 1 amide bonds. The van der Waals surface area contributed by atoms with Crippen LogP contribution in [0.3, 0.4) is 0 Å². The SMILES string of the molecule is BC(B)(B)C(B)(B)S(=O)(=O)c1ccc([C@H](CO)NC(=O)c2ccc3c(c2)cc(Cc2ccc(Cl)cc2C(F)(F)F)n3C2CC2)cc1. The molecule has 1 saturated carbocycles. The van der Waals surface area contributed by atoms with Crippen molar-refractivity contribution >= 4 is 77.5 Å². The van der Waals surface area contributed by atoms with Crippen molar-refractivity contribution in [2.75, 3.05) is 6.61 Å². The fourth-order valence-corrected chi connectivity index (χ4v) is 7.61. The van der Waals surface area contributed by atoms with Gasteiger partial charge in [0.2, 0.25) is 0 Å². The Morgan fingerprint density at radius 3 is 2.20 bits per heavy atom. The molecule has 1 heterocycles. The normalized spacial score (nSPS) is 15.2. The van der Waals surface area contributed by atoms with Gasteiger partial charge in [-0.2, -0.15) is 13.2 Å². The van der Waals surface area contributed by atoms with Crippen molar-refractivity contribution in [1.29, 1.82) is 0 Å². The lowest BCUT2D eigenvalue weighted by molar-refractivity contribution is -0.138. The van der Waals surface area contributed by atoms with E-state index in [4.69, 9.17) is 11.6 Å².